The molecule has 0 radical (unpaired) electrons. The largest absolute Gasteiger partial charge is 0.489 e. The minimum absolute atomic E-state index is 0.0104. The van der Waals surface area contributed by atoms with Crippen molar-refractivity contribution < 1.29 is 29.1 Å². The van der Waals surface area contributed by atoms with E-state index in [0.29, 0.717) is 28.5 Å². The van der Waals surface area contributed by atoms with Crippen molar-refractivity contribution in [2.24, 2.45) is 0 Å². The summed E-state index contributed by atoms with van der Waals surface area (Å²) in [6.45, 7) is 0.143. The molecule has 1 heterocycles. The third-order valence-electron chi connectivity index (χ3n) is 6.21. The van der Waals surface area contributed by atoms with Crippen LogP contribution in [0.2, 0.25) is 5.02 Å². The lowest BCUT2D eigenvalue weighted by atomic mass is 10.1. The maximum Gasteiger partial charge on any atom is 0.337 e. The SMILES string of the molecule is O=C(Cc1ccc(Oc2ccc3cc(OCc4ccc(Cl)c([N+](=O)[O-])c4)ccc3c2)nc1)Nc1ccccc1C(=O)O. The van der Waals surface area contributed by atoms with Crippen LogP contribution in [-0.4, -0.2) is 26.9 Å². The Balaban J connectivity index is 1.19. The van der Waals surface area contributed by atoms with Crippen LogP contribution in [0.3, 0.4) is 0 Å². The number of carboxylic acids is 1. The van der Waals surface area contributed by atoms with E-state index < -0.39 is 10.9 Å². The minimum Gasteiger partial charge on any atom is -0.489 e. The van der Waals surface area contributed by atoms with Gasteiger partial charge < -0.3 is 19.9 Å². The molecule has 0 saturated heterocycles. The predicted octanol–water partition coefficient (Wildman–Crippen LogP) is 7.05. The molecule has 0 saturated carbocycles. The highest BCUT2D eigenvalue weighted by Crippen LogP contribution is 2.29. The fourth-order valence-corrected chi connectivity index (χ4v) is 4.35. The van der Waals surface area contributed by atoms with Crippen molar-refractivity contribution in [2.45, 2.75) is 13.0 Å². The quantitative estimate of drug-likeness (QED) is 0.132. The number of rotatable bonds is 10. The van der Waals surface area contributed by atoms with Crippen molar-refractivity contribution in [3.8, 4) is 17.4 Å². The van der Waals surface area contributed by atoms with Crippen molar-refractivity contribution in [3.05, 3.63) is 129 Å². The second kappa shape index (κ2) is 12.4. The number of halogens is 1. The fraction of sp³-hybridized carbons (Fsp3) is 0.0645. The summed E-state index contributed by atoms with van der Waals surface area (Å²) in [5, 5.41) is 24.9. The highest BCUT2D eigenvalue weighted by Gasteiger charge is 2.14. The third kappa shape index (κ3) is 6.80. The van der Waals surface area contributed by atoms with Crippen LogP contribution in [-0.2, 0) is 17.8 Å². The third-order valence-corrected chi connectivity index (χ3v) is 6.53. The predicted molar refractivity (Wildman–Crippen MR) is 156 cm³/mol. The zero-order chi connectivity index (χ0) is 29.6. The first-order valence-corrected chi connectivity index (χ1v) is 13.0. The van der Waals surface area contributed by atoms with Gasteiger partial charge >= 0.3 is 5.97 Å². The number of aromatic nitrogens is 1. The molecule has 5 rings (SSSR count). The summed E-state index contributed by atoms with van der Waals surface area (Å²) in [5.74, 6) is 0.00782. The van der Waals surface area contributed by atoms with Crippen molar-refractivity contribution in [3.63, 3.8) is 0 Å². The topological polar surface area (TPSA) is 141 Å². The number of pyridine rings is 1. The number of carboxylic acid groups (broad SMARTS) is 1. The molecule has 42 heavy (non-hydrogen) atoms. The summed E-state index contributed by atoms with van der Waals surface area (Å²) in [6, 6.07) is 25.1. The van der Waals surface area contributed by atoms with Crippen LogP contribution in [0.5, 0.6) is 17.4 Å². The van der Waals surface area contributed by atoms with Gasteiger partial charge in [-0.2, -0.15) is 0 Å². The van der Waals surface area contributed by atoms with Crippen molar-refractivity contribution in [1.82, 2.24) is 4.98 Å². The van der Waals surface area contributed by atoms with Gasteiger partial charge in [0.1, 0.15) is 23.1 Å². The summed E-state index contributed by atoms with van der Waals surface area (Å²) >= 11 is 5.87. The number of anilines is 1. The minimum atomic E-state index is -1.12. The number of para-hydroxylation sites is 1. The highest BCUT2D eigenvalue weighted by molar-refractivity contribution is 6.32. The van der Waals surface area contributed by atoms with Crippen molar-refractivity contribution in [2.75, 3.05) is 5.32 Å². The molecular formula is C31H22ClN3O7. The lowest BCUT2D eigenvalue weighted by Gasteiger charge is -2.10. The summed E-state index contributed by atoms with van der Waals surface area (Å²) in [6.07, 6.45) is 1.54. The highest BCUT2D eigenvalue weighted by atomic mass is 35.5. The fourth-order valence-electron chi connectivity index (χ4n) is 4.16. The number of benzene rings is 4. The first kappa shape index (κ1) is 28.1. The average Bonchev–Trinajstić information content (AvgIpc) is 2.97. The van der Waals surface area contributed by atoms with Gasteiger partial charge in [-0.1, -0.05) is 48.0 Å². The smallest absolute Gasteiger partial charge is 0.337 e. The molecule has 0 atom stereocenters. The summed E-state index contributed by atoms with van der Waals surface area (Å²) in [4.78, 5) is 38.7. The summed E-state index contributed by atoms with van der Waals surface area (Å²) < 4.78 is 11.7. The Labute approximate surface area is 244 Å². The number of carbonyl (C=O) groups is 2. The van der Waals surface area contributed by atoms with E-state index in [2.05, 4.69) is 10.3 Å². The van der Waals surface area contributed by atoms with Gasteiger partial charge in [-0.25, -0.2) is 9.78 Å². The Morgan fingerprint density at radius 1 is 0.905 bits per heavy atom. The molecule has 1 amide bonds. The van der Waals surface area contributed by atoms with Gasteiger partial charge in [0.25, 0.3) is 5.69 Å². The number of fused-ring (bicyclic) bond motifs is 1. The molecule has 0 aliphatic rings. The number of hydrogen-bond acceptors (Lipinski definition) is 7. The van der Waals surface area contributed by atoms with Crippen molar-refractivity contribution in [1.29, 1.82) is 0 Å². The zero-order valence-corrected chi connectivity index (χ0v) is 22.6. The molecule has 0 spiro atoms. The van der Waals surface area contributed by atoms with Crippen LogP contribution >= 0.6 is 11.6 Å². The van der Waals surface area contributed by atoms with Crippen LogP contribution in [0.25, 0.3) is 10.8 Å². The first-order chi connectivity index (χ1) is 20.2. The van der Waals surface area contributed by atoms with Gasteiger partial charge in [0.2, 0.25) is 11.8 Å². The Hall–Kier alpha value is -5.48. The molecule has 1 aromatic heterocycles. The van der Waals surface area contributed by atoms with Crippen LogP contribution in [0.1, 0.15) is 21.5 Å². The molecule has 0 aliphatic carbocycles. The lowest BCUT2D eigenvalue weighted by Crippen LogP contribution is -2.16. The van der Waals surface area contributed by atoms with E-state index in [9.17, 15) is 24.8 Å². The van der Waals surface area contributed by atoms with Crippen LogP contribution < -0.4 is 14.8 Å². The standard InChI is InChI=1S/C31H22ClN3O7/c32-26-11-5-20(13-28(26)35(39)40)18-41-23-9-7-22-16-24(10-8-21(22)15-23)42-30-12-6-19(17-33-30)14-29(36)34-27-4-2-1-3-25(27)31(37)38/h1-13,15-17H,14,18H2,(H,34,36)(H,37,38). The monoisotopic (exact) mass is 583 g/mol. The maximum atomic E-state index is 12.4. The first-order valence-electron chi connectivity index (χ1n) is 12.6. The molecule has 4 aromatic carbocycles. The number of amides is 1. The molecule has 0 aliphatic heterocycles. The maximum absolute atomic E-state index is 12.4. The van der Waals surface area contributed by atoms with E-state index in [0.717, 1.165) is 10.8 Å². The van der Waals surface area contributed by atoms with Gasteiger partial charge in [-0.15, -0.1) is 0 Å². The number of nitro benzene ring substituents is 1. The molecule has 10 nitrogen and oxygen atoms in total. The van der Waals surface area contributed by atoms with E-state index in [1.807, 2.05) is 24.3 Å². The molecule has 0 unspecified atom stereocenters. The molecule has 2 N–H and O–H groups in total. The van der Waals surface area contributed by atoms with Gasteiger partial charge in [0.05, 0.1) is 22.6 Å². The van der Waals surface area contributed by atoms with Gasteiger partial charge in [-0.05, 0) is 64.4 Å². The molecule has 11 heteroatoms. The molecule has 210 valence electrons. The second-order valence-electron chi connectivity index (χ2n) is 9.18. The number of hydrogen-bond donors (Lipinski definition) is 2. The van der Waals surface area contributed by atoms with E-state index >= 15 is 0 Å². The number of nitrogens with one attached hydrogen (secondary N) is 1. The average molecular weight is 584 g/mol. The van der Waals surface area contributed by atoms with Crippen LogP contribution in [0.4, 0.5) is 11.4 Å². The number of carbonyl (C=O) groups excluding carboxylic acids is 1. The zero-order valence-electron chi connectivity index (χ0n) is 21.8. The normalized spacial score (nSPS) is 10.7. The summed E-state index contributed by atoms with van der Waals surface area (Å²) in [7, 11) is 0. The van der Waals surface area contributed by atoms with E-state index in [1.165, 1.54) is 30.5 Å². The molecule has 0 fully saturated rings. The summed E-state index contributed by atoms with van der Waals surface area (Å²) in [5.41, 5.74) is 1.32. The Bertz CT molecular complexity index is 1810. The van der Waals surface area contributed by atoms with Crippen LogP contribution in [0, 0.1) is 10.1 Å². The Morgan fingerprint density at radius 3 is 2.33 bits per heavy atom. The molecule has 0 bridgehead atoms. The number of ether oxygens (including phenoxy) is 2. The van der Waals surface area contributed by atoms with E-state index in [4.69, 9.17) is 21.1 Å². The van der Waals surface area contributed by atoms with E-state index in [1.54, 1.807) is 42.5 Å². The number of nitrogens with zero attached hydrogens (tertiary/aromatic N) is 2. The lowest BCUT2D eigenvalue weighted by molar-refractivity contribution is -0.384. The van der Waals surface area contributed by atoms with Gasteiger partial charge in [-0.3, -0.25) is 14.9 Å². The van der Waals surface area contributed by atoms with Gasteiger partial charge in [0.15, 0.2) is 0 Å². The molecular weight excluding hydrogens is 562 g/mol. The Morgan fingerprint density at radius 2 is 1.62 bits per heavy atom. The van der Waals surface area contributed by atoms with Crippen molar-refractivity contribution >= 4 is 45.6 Å². The van der Waals surface area contributed by atoms with Crippen LogP contribution in [0.15, 0.2) is 97.2 Å². The second-order valence-corrected chi connectivity index (χ2v) is 9.59. The number of aromatic carboxylic acids is 1. The van der Waals surface area contributed by atoms with E-state index in [-0.39, 0.29) is 40.9 Å². The Kier molecular flexibility index (Phi) is 8.26. The van der Waals surface area contributed by atoms with Gasteiger partial charge in [0, 0.05) is 18.3 Å². The molecule has 5 aromatic rings. The number of nitro groups is 1.